The first-order valence-corrected chi connectivity index (χ1v) is 9.79. The summed E-state index contributed by atoms with van der Waals surface area (Å²) >= 11 is 6.48. The molecule has 3 rings (SSSR count). The van der Waals surface area contributed by atoms with Crippen molar-refractivity contribution >= 4 is 37.8 Å². The molecule has 0 atom stereocenters. The lowest BCUT2D eigenvalue weighted by Gasteiger charge is -2.09. The summed E-state index contributed by atoms with van der Waals surface area (Å²) < 4.78 is 44.4. The molecule has 0 unspecified atom stereocenters. The second-order valence-corrected chi connectivity index (χ2v) is 7.85. The molecule has 3 aromatic rings. The number of rotatable bonds is 5. The lowest BCUT2D eigenvalue weighted by molar-refractivity contribution is -0.137. The zero-order chi connectivity index (χ0) is 21.2. The predicted octanol–water partition coefficient (Wildman–Crippen LogP) is 5.44. The van der Waals surface area contributed by atoms with Crippen LogP contribution in [0.3, 0.4) is 0 Å². The van der Waals surface area contributed by atoms with Crippen LogP contribution in [0.2, 0.25) is 0 Å². The van der Waals surface area contributed by atoms with E-state index in [-0.39, 0.29) is 18.0 Å². The number of amides is 1. The number of aromatic hydroxyl groups is 1. The molecule has 1 heterocycles. The Kier molecular flexibility index (Phi) is 6.33. The van der Waals surface area contributed by atoms with E-state index in [0.717, 1.165) is 17.7 Å². The number of benzene rings is 2. The van der Waals surface area contributed by atoms with Crippen molar-refractivity contribution in [2.45, 2.75) is 19.1 Å². The molecule has 0 fully saturated rings. The van der Waals surface area contributed by atoms with Gasteiger partial charge in [0.05, 0.1) is 14.5 Å². The van der Waals surface area contributed by atoms with Crippen molar-refractivity contribution in [3.05, 3.63) is 79.6 Å². The van der Waals surface area contributed by atoms with Gasteiger partial charge in [-0.2, -0.15) is 13.2 Å². The predicted molar refractivity (Wildman–Crippen MR) is 105 cm³/mol. The van der Waals surface area contributed by atoms with Crippen LogP contribution in [0.15, 0.2) is 55.9 Å². The topological polar surface area (TPSA) is 75.4 Å². The van der Waals surface area contributed by atoms with Gasteiger partial charge in [0.25, 0.3) is 5.91 Å². The molecule has 5 nitrogen and oxygen atoms in total. The number of aromatic nitrogens is 1. The molecular formula is C19H13Br2F3N2O3. The third-order valence-electron chi connectivity index (χ3n) is 3.95. The molecule has 1 aromatic heterocycles. The van der Waals surface area contributed by atoms with Gasteiger partial charge in [0.15, 0.2) is 5.69 Å². The van der Waals surface area contributed by atoms with Crippen LogP contribution in [-0.2, 0) is 19.1 Å². The highest BCUT2D eigenvalue weighted by atomic mass is 79.9. The summed E-state index contributed by atoms with van der Waals surface area (Å²) in [6.07, 6.45) is -4.12. The van der Waals surface area contributed by atoms with Crippen LogP contribution >= 0.6 is 31.9 Å². The van der Waals surface area contributed by atoms with Gasteiger partial charge in [0, 0.05) is 19.0 Å². The van der Waals surface area contributed by atoms with Crippen LogP contribution < -0.4 is 5.32 Å². The van der Waals surface area contributed by atoms with Gasteiger partial charge < -0.3 is 14.9 Å². The first-order chi connectivity index (χ1) is 13.6. The molecular weight excluding hydrogens is 521 g/mol. The summed E-state index contributed by atoms with van der Waals surface area (Å²) in [5, 5.41) is 16.0. The van der Waals surface area contributed by atoms with Crippen LogP contribution in [0, 0.1) is 0 Å². The van der Waals surface area contributed by atoms with Crippen molar-refractivity contribution in [1.29, 1.82) is 0 Å². The van der Waals surface area contributed by atoms with Gasteiger partial charge in [-0.3, -0.25) is 4.79 Å². The van der Waals surface area contributed by atoms with Gasteiger partial charge in [0.2, 0.25) is 0 Å². The highest BCUT2D eigenvalue weighted by Gasteiger charge is 2.30. The second-order valence-electron chi connectivity index (χ2n) is 6.14. The van der Waals surface area contributed by atoms with Gasteiger partial charge in [-0.15, -0.1) is 0 Å². The van der Waals surface area contributed by atoms with E-state index in [1.807, 2.05) is 0 Å². The van der Waals surface area contributed by atoms with E-state index in [2.05, 4.69) is 42.3 Å². The minimum Gasteiger partial charge on any atom is -0.506 e. The number of nitrogens with zero attached hydrogens (tertiary/aromatic N) is 1. The molecule has 0 aliphatic carbocycles. The molecule has 0 saturated carbocycles. The summed E-state index contributed by atoms with van der Waals surface area (Å²) in [7, 11) is 0. The lowest BCUT2D eigenvalue weighted by Crippen LogP contribution is -2.23. The van der Waals surface area contributed by atoms with Gasteiger partial charge in [-0.1, -0.05) is 17.3 Å². The van der Waals surface area contributed by atoms with E-state index in [9.17, 15) is 23.1 Å². The Bertz CT molecular complexity index is 1030. The SMILES string of the molecule is O=C(NCc1cccc(C(F)(F)F)c1)c1cc(Cc2cc(Br)c(O)c(Br)c2)on1. The molecule has 10 heteroatoms. The molecule has 0 bridgehead atoms. The summed E-state index contributed by atoms with van der Waals surface area (Å²) in [6, 6.07) is 9.59. The minimum atomic E-state index is -4.45. The van der Waals surface area contributed by atoms with Crippen molar-refractivity contribution in [3.8, 4) is 5.75 Å². The number of halogens is 5. The Morgan fingerprint density at radius 1 is 1.10 bits per heavy atom. The third-order valence-corrected chi connectivity index (χ3v) is 5.16. The quantitative estimate of drug-likeness (QED) is 0.457. The Morgan fingerprint density at radius 2 is 1.79 bits per heavy atom. The van der Waals surface area contributed by atoms with E-state index in [0.29, 0.717) is 26.7 Å². The minimum absolute atomic E-state index is 0.0175. The maximum atomic E-state index is 12.8. The van der Waals surface area contributed by atoms with E-state index in [1.165, 1.54) is 18.2 Å². The van der Waals surface area contributed by atoms with Gasteiger partial charge in [-0.25, -0.2) is 0 Å². The maximum Gasteiger partial charge on any atom is 0.416 e. The lowest BCUT2D eigenvalue weighted by atomic mass is 10.1. The van der Waals surface area contributed by atoms with Crippen molar-refractivity contribution in [2.75, 3.05) is 0 Å². The number of nitrogens with one attached hydrogen (secondary N) is 1. The molecule has 0 radical (unpaired) electrons. The number of alkyl halides is 3. The van der Waals surface area contributed by atoms with Crippen molar-refractivity contribution in [1.82, 2.24) is 10.5 Å². The fraction of sp³-hybridized carbons (Fsp3) is 0.158. The maximum absolute atomic E-state index is 12.8. The van der Waals surface area contributed by atoms with Crippen LogP contribution in [0.1, 0.15) is 32.9 Å². The van der Waals surface area contributed by atoms with E-state index in [4.69, 9.17) is 4.52 Å². The van der Waals surface area contributed by atoms with E-state index >= 15 is 0 Å². The van der Waals surface area contributed by atoms with Crippen molar-refractivity contribution in [3.63, 3.8) is 0 Å². The summed E-state index contributed by atoms with van der Waals surface area (Å²) in [5.74, 6) is -0.0785. The number of phenolic OH excluding ortho intramolecular Hbond substituents is 1. The standard InChI is InChI=1S/C19H13Br2F3N2O3/c20-14-6-11(7-15(21)17(14)27)5-13-8-16(26-29-13)18(28)25-9-10-2-1-3-12(4-10)19(22,23)24/h1-4,6-8,27H,5,9H2,(H,25,28). The van der Waals surface area contributed by atoms with Gasteiger partial charge >= 0.3 is 6.18 Å². The zero-order valence-electron chi connectivity index (χ0n) is 14.6. The average Bonchev–Trinajstić information content (AvgIpc) is 3.12. The van der Waals surface area contributed by atoms with Gasteiger partial charge in [-0.05, 0) is 67.3 Å². The Balaban J connectivity index is 1.64. The van der Waals surface area contributed by atoms with Crippen LogP contribution in [0.4, 0.5) is 13.2 Å². The second kappa shape index (κ2) is 8.58. The van der Waals surface area contributed by atoms with E-state index < -0.39 is 17.6 Å². The monoisotopic (exact) mass is 532 g/mol. The van der Waals surface area contributed by atoms with Crippen molar-refractivity contribution < 1.29 is 27.6 Å². The molecule has 0 spiro atoms. The van der Waals surface area contributed by atoms with Crippen LogP contribution in [0.5, 0.6) is 5.75 Å². The number of hydrogen-bond acceptors (Lipinski definition) is 4. The normalized spacial score (nSPS) is 11.5. The average molecular weight is 534 g/mol. The fourth-order valence-electron chi connectivity index (χ4n) is 2.56. The molecule has 0 aliphatic rings. The molecule has 2 N–H and O–H groups in total. The summed E-state index contributed by atoms with van der Waals surface area (Å²) in [5.41, 5.74) is 0.354. The molecule has 0 aliphatic heterocycles. The Hall–Kier alpha value is -2.33. The largest absolute Gasteiger partial charge is 0.506 e. The first kappa shape index (κ1) is 21.4. The molecule has 2 aromatic carbocycles. The first-order valence-electron chi connectivity index (χ1n) is 8.20. The summed E-state index contributed by atoms with van der Waals surface area (Å²) in [6.45, 7) is -0.0806. The number of hydrogen-bond donors (Lipinski definition) is 2. The fourth-order valence-corrected chi connectivity index (χ4v) is 3.84. The molecule has 29 heavy (non-hydrogen) atoms. The zero-order valence-corrected chi connectivity index (χ0v) is 17.7. The number of carbonyl (C=O) groups is 1. The molecule has 0 saturated heterocycles. The molecule has 152 valence electrons. The summed E-state index contributed by atoms with van der Waals surface area (Å²) in [4.78, 5) is 12.2. The van der Waals surface area contributed by atoms with Gasteiger partial charge in [0.1, 0.15) is 11.5 Å². The number of phenols is 1. The number of carbonyl (C=O) groups excluding carboxylic acids is 1. The van der Waals surface area contributed by atoms with Crippen LogP contribution in [0.25, 0.3) is 0 Å². The van der Waals surface area contributed by atoms with Crippen LogP contribution in [-0.4, -0.2) is 16.2 Å². The van der Waals surface area contributed by atoms with Crippen molar-refractivity contribution in [2.24, 2.45) is 0 Å². The highest BCUT2D eigenvalue weighted by Crippen LogP contribution is 2.34. The third kappa shape index (κ3) is 5.39. The molecule has 1 amide bonds. The highest BCUT2D eigenvalue weighted by molar-refractivity contribution is 9.11. The Labute approximate surface area is 180 Å². The Morgan fingerprint density at radius 3 is 2.45 bits per heavy atom. The smallest absolute Gasteiger partial charge is 0.416 e. The van der Waals surface area contributed by atoms with E-state index in [1.54, 1.807) is 12.1 Å².